The van der Waals surface area contributed by atoms with Crippen LogP contribution in [0.15, 0.2) is 18.5 Å². The lowest BCUT2D eigenvalue weighted by molar-refractivity contribution is -0.391. The Kier molecular flexibility index (Phi) is 3.98. The minimum absolute atomic E-state index is 0. The number of nitrogens with one attached hydrogen (secondary N) is 2. The average Bonchev–Trinajstić information content (AvgIpc) is 1.69. The van der Waals surface area contributed by atoms with Crippen molar-refractivity contribution in [2.45, 2.75) is 0 Å². The second kappa shape index (κ2) is 3.96. The van der Waals surface area contributed by atoms with E-state index in [-0.39, 0.29) is 24.0 Å². The van der Waals surface area contributed by atoms with Crippen LogP contribution in [0.25, 0.3) is 0 Å². The zero-order chi connectivity index (χ0) is 5.11. The predicted octanol–water partition coefficient (Wildman–Crippen LogP) is -2.44. The Hall–Kier alpha value is 0.0300. The normalized spacial score (nSPS) is 7.50. The van der Waals surface area contributed by atoms with Crippen molar-refractivity contribution >= 4 is 12.2 Å². The van der Waals surface area contributed by atoms with Gasteiger partial charge >= 0.3 is 4.77 Å². The number of H-pyrrole nitrogens is 2. The largest absolute Gasteiger partial charge is 1.00 e. The van der Waals surface area contributed by atoms with Crippen LogP contribution >= 0.6 is 12.2 Å². The standard InChI is InChI=1S/C4H4N2S.HI/c7-4-5-2-1-3-6-4;/h1-3H,(H,5,6,7);1H. The molecule has 0 spiro atoms. The van der Waals surface area contributed by atoms with Crippen LogP contribution in [0, 0.1) is 4.77 Å². The second-order valence-corrected chi connectivity index (χ2v) is 1.55. The highest BCUT2D eigenvalue weighted by Crippen LogP contribution is 1.67. The van der Waals surface area contributed by atoms with Gasteiger partial charge in [0.25, 0.3) is 0 Å². The molecule has 1 aromatic heterocycles. The number of hydrogen-bond acceptors (Lipinski definition) is 1. The summed E-state index contributed by atoms with van der Waals surface area (Å²) in [6, 6.07) is 1.84. The Morgan fingerprint density at radius 1 is 1.62 bits per heavy atom. The van der Waals surface area contributed by atoms with Gasteiger partial charge in [0.2, 0.25) is 0 Å². The van der Waals surface area contributed by atoms with Crippen LogP contribution in [-0.4, -0.2) is 4.98 Å². The molecule has 0 unspecified atom stereocenters. The van der Waals surface area contributed by atoms with E-state index in [2.05, 4.69) is 9.97 Å². The number of rotatable bonds is 0. The van der Waals surface area contributed by atoms with E-state index in [1.807, 2.05) is 6.07 Å². The molecule has 2 N–H and O–H groups in total. The molecule has 0 fully saturated rings. The van der Waals surface area contributed by atoms with Crippen LogP contribution in [0.1, 0.15) is 0 Å². The van der Waals surface area contributed by atoms with Crippen LogP contribution < -0.4 is 29.0 Å². The van der Waals surface area contributed by atoms with E-state index in [1.165, 1.54) is 0 Å². The van der Waals surface area contributed by atoms with E-state index in [4.69, 9.17) is 12.2 Å². The van der Waals surface area contributed by atoms with E-state index >= 15 is 0 Å². The minimum Gasteiger partial charge on any atom is -1.00 e. The van der Waals surface area contributed by atoms with E-state index in [1.54, 1.807) is 12.4 Å². The fraction of sp³-hybridized carbons (Fsp3) is 0. The van der Waals surface area contributed by atoms with Gasteiger partial charge in [0.1, 0.15) is 0 Å². The second-order valence-electron chi connectivity index (χ2n) is 1.14. The third-order valence-corrected chi connectivity index (χ3v) is 0.857. The Morgan fingerprint density at radius 2 is 2.38 bits per heavy atom. The number of hydrogen-bond donors (Lipinski definition) is 1. The van der Waals surface area contributed by atoms with Crippen molar-refractivity contribution in [3.63, 3.8) is 0 Å². The van der Waals surface area contributed by atoms with Gasteiger partial charge in [-0.3, -0.25) is 0 Å². The first-order valence-corrected chi connectivity index (χ1v) is 2.36. The molecule has 1 rings (SSSR count). The monoisotopic (exact) mass is 240 g/mol. The van der Waals surface area contributed by atoms with E-state index in [0.29, 0.717) is 4.77 Å². The third-order valence-electron chi connectivity index (χ3n) is 0.621. The minimum atomic E-state index is 0. The summed E-state index contributed by atoms with van der Waals surface area (Å²) >= 11 is 4.70. The molecule has 1 heterocycles. The molecule has 0 aromatic carbocycles. The van der Waals surface area contributed by atoms with Gasteiger partial charge in [-0.25, -0.2) is 9.97 Å². The molecule has 0 amide bonds. The maximum absolute atomic E-state index is 4.70. The number of aromatic amines is 2. The van der Waals surface area contributed by atoms with Gasteiger partial charge in [0.05, 0.1) is 12.4 Å². The highest BCUT2D eigenvalue weighted by atomic mass is 127. The topological polar surface area (TPSA) is 29.9 Å². The van der Waals surface area contributed by atoms with Crippen LogP contribution in [0.4, 0.5) is 0 Å². The molecule has 0 atom stereocenters. The first kappa shape index (κ1) is 8.03. The van der Waals surface area contributed by atoms with E-state index in [9.17, 15) is 0 Å². The molecule has 4 heteroatoms. The Balaban J connectivity index is 0.000000490. The van der Waals surface area contributed by atoms with Gasteiger partial charge in [0.15, 0.2) is 0 Å². The summed E-state index contributed by atoms with van der Waals surface area (Å²) in [5.41, 5.74) is 0. The molecule has 0 bridgehead atoms. The summed E-state index contributed by atoms with van der Waals surface area (Å²) in [6.07, 6.45) is 3.55. The molecule has 0 aliphatic heterocycles. The molecule has 0 aliphatic rings. The predicted molar refractivity (Wildman–Crippen MR) is 28.2 cm³/mol. The molecule has 0 aliphatic carbocycles. The summed E-state index contributed by atoms with van der Waals surface area (Å²) in [7, 11) is 0. The van der Waals surface area contributed by atoms with Crippen LogP contribution in [0.2, 0.25) is 0 Å². The van der Waals surface area contributed by atoms with Gasteiger partial charge in [-0.1, -0.05) is 0 Å². The smallest absolute Gasteiger partial charge is 0.346 e. The molecular formula is C4H5IN2S. The van der Waals surface area contributed by atoms with Crippen molar-refractivity contribution < 1.29 is 29.0 Å². The highest BCUT2D eigenvalue weighted by molar-refractivity contribution is 7.71. The fourth-order valence-corrected chi connectivity index (χ4v) is 0.473. The lowest BCUT2D eigenvalue weighted by atomic mass is 10.7. The van der Waals surface area contributed by atoms with Gasteiger partial charge in [-0.2, -0.15) is 0 Å². The maximum atomic E-state index is 4.70. The Labute approximate surface area is 69.4 Å². The molecule has 1 aromatic rings. The van der Waals surface area contributed by atoms with E-state index < -0.39 is 0 Å². The van der Waals surface area contributed by atoms with Gasteiger partial charge in [0, 0.05) is 18.3 Å². The summed E-state index contributed by atoms with van der Waals surface area (Å²) < 4.78 is 0.655. The first-order valence-electron chi connectivity index (χ1n) is 1.95. The van der Waals surface area contributed by atoms with Gasteiger partial charge in [-0.15, -0.1) is 0 Å². The summed E-state index contributed by atoms with van der Waals surface area (Å²) in [5.74, 6) is 0. The molecule has 2 nitrogen and oxygen atoms in total. The zero-order valence-corrected chi connectivity index (χ0v) is 6.99. The van der Waals surface area contributed by atoms with Gasteiger partial charge < -0.3 is 24.0 Å². The lowest BCUT2D eigenvalue weighted by Gasteiger charge is -1.68. The molecule has 0 saturated carbocycles. The zero-order valence-electron chi connectivity index (χ0n) is 4.02. The van der Waals surface area contributed by atoms with Crippen molar-refractivity contribution in [3.8, 4) is 0 Å². The fourth-order valence-electron chi connectivity index (χ4n) is 0.337. The van der Waals surface area contributed by atoms with Crippen LogP contribution in [0.5, 0.6) is 0 Å². The van der Waals surface area contributed by atoms with Gasteiger partial charge in [-0.05, 0) is 0 Å². The molecule has 0 saturated heterocycles. The van der Waals surface area contributed by atoms with Crippen molar-refractivity contribution in [1.82, 2.24) is 4.98 Å². The first-order chi connectivity index (χ1) is 3.39. The van der Waals surface area contributed by atoms with E-state index in [0.717, 1.165) is 0 Å². The lowest BCUT2D eigenvalue weighted by Crippen LogP contribution is -3.00. The molecule has 0 radical (unpaired) electrons. The van der Waals surface area contributed by atoms with Crippen molar-refractivity contribution in [2.75, 3.05) is 0 Å². The van der Waals surface area contributed by atoms with Crippen molar-refractivity contribution in [3.05, 3.63) is 23.2 Å². The third kappa shape index (κ3) is 2.37. The van der Waals surface area contributed by atoms with Crippen molar-refractivity contribution in [2.24, 2.45) is 0 Å². The summed E-state index contributed by atoms with van der Waals surface area (Å²) in [6.45, 7) is 0. The molecular weight excluding hydrogens is 235 g/mol. The SMILES string of the molecule is S=c1[nH]ccc[nH+]1.[I-]. The van der Waals surface area contributed by atoms with Crippen LogP contribution in [-0.2, 0) is 0 Å². The number of halogens is 1. The number of aromatic nitrogens is 2. The molecule has 8 heavy (non-hydrogen) atoms. The highest BCUT2D eigenvalue weighted by Gasteiger charge is 1.74. The summed E-state index contributed by atoms with van der Waals surface area (Å²) in [4.78, 5) is 5.58. The maximum Gasteiger partial charge on any atom is 0.346 e. The molecule has 44 valence electrons. The Morgan fingerprint density at radius 3 is 2.62 bits per heavy atom. The van der Waals surface area contributed by atoms with Crippen molar-refractivity contribution in [1.29, 1.82) is 0 Å². The van der Waals surface area contributed by atoms with Crippen LogP contribution in [0.3, 0.4) is 0 Å². The Bertz CT molecular complexity index is 180. The quantitative estimate of drug-likeness (QED) is 0.396. The average molecular weight is 240 g/mol. The summed E-state index contributed by atoms with van der Waals surface area (Å²) in [5, 5.41) is 0.